The number of hydrogen-bond acceptors (Lipinski definition) is 0. The van der Waals surface area contributed by atoms with E-state index >= 15 is 0 Å². The van der Waals surface area contributed by atoms with E-state index in [9.17, 15) is 61.5 Å². The third-order valence-electron chi connectivity index (χ3n) is 2.83. The molecule has 0 heterocycles. The van der Waals surface area contributed by atoms with E-state index in [4.69, 9.17) is 0 Å². The molecule has 0 aromatic rings. The first-order valence-corrected chi connectivity index (χ1v) is 4.40. The molecule has 0 aromatic heterocycles. The van der Waals surface area contributed by atoms with E-state index in [2.05, 4.69) is 0 Å². The van der Waals surface area contributed by atoms with Gasteiger partial charge in [0.1, 0.15) is 0 Å². The summed E-state index contributed by atoms with van der Waals surface area (Å²) in [6, 6.07) is 0. The van der Waals surface area contributed by atoms with Crippen molar-refractivity contribution in [2.24, 2.45) is 0 Å². The predicted molar refractivity (Wildman–Crippen MR) is 34.6 cm³/mol. The van der Waals surface area contributed by atoms with Crippen LogP contribution >= 0.6 is 0 Å². The van der Waals surface area contributed by atoms with Crippen molar-refractivity contribution in [2.75, 3.05) is 0 Å². The van der Waals surface area contributed by atoms with Crippen molar-refractivity contribution in [3.05, 3.63) is 0 Å². The minimum Gasteiger partial charge on any atom is -0.219 e. The van der Waals surface area contributed by atoms with Gasteiger partial charge in [-0.1, -0.05) is 0 Å². The van der Waals surface area contributed by atoms with Gasteiger partial charge < -0.3 is 0 Å². The highest BCUT2D eigenvalue weighted by molar-refractivity contribution is 5.28. The van der Waals surface area contributed by atoms with Gasteiger partial charge in [0.25, 0.3) is 0 Å². The summed E-state index contributed by atoms with van der Waals surface area (Å²) in [7, 11) is 0. The zero-order valence-electron chi connectivity index (χ0n) is 8.79. The van der Waals surface area contributed by atoms with Crippen molar-refractivity contribution in [3.8, 4) is 0 Å². The Hall–Kier alpha value is -0.980. The highest BCUT2D eigenvalue weighted by Crippen LogP contribution is 2.72. The van der Waals surface area contributed by atoms with Crippen molar-refractivity contribution in [2.45, 2.75) is 41.5 Å². The smallest absolute Gasteiger partial charge is 0.219 e. The highest BCUT2D eigenvalue weighted by atomic mass is 19.4. The van der Waals surface area contributed by atoms with E-state index in [1.54, 1.807) is 0 Å². The molecule has 0 aliphatic heterocycles. The topological polar surface area (TPSA) is 0 Å². The van der Waals surface area contributed by atoms with Gasteiger partial charge in [0, 0.05) is 0 Å². The fraction of sp³-hybridized carbons (Fsp3) is 1.00. The lowest BCUT2D eigenvalue weighted by Gasteiger charge is -2.52. The largest absolute Gasteiger partial charge is 0.435 e. The van der Waals surface area contributed by atoms with Gasteiger partial charge >= 0.3 is 41.5 Å². The molecule has 21 heavy (non-hydrogen) atoms. The lowest BCUT2D eigenvalue weighted by atomic mass is 9.72. The molecule has 1 aliphatic carbocycles. The van der Waals surface area contributed by atoms with Gasteiger partial charge in [-0.2, -0.15) is 57.1 Å². The zero-order chi connectivity index (χ0) is 17.5. The fourth-order valence-corrected chi connectivity index (χ4v) is 1.58. The maximum atomic E-state index is 13.1. The third-order valence-corrected chi connectivity index (χ3v) is 2.83. The molecule has 0 nitrogen and oxygen atoms in total. The van der Waals surface area contributed by atoms with Gasteiger partial charge in [-0.05, 0) is 0 Å². The maximum Gasteiger partial charge on any atom is 0.435 e. The summed E-state index contributed by atoms with van der Waals surface area (Å²) < 4.78 is 175. The standard InChI is InChI=1S/C7F14/c8-1(7(19,20)21)2(9,10)4(13,14)6(17,18)5(15,16)3(1,11)12. The van der Waals surface area contributed by atoms with Crippen LogP contribution in [0, 0.1) is 0 Å². The molecule has 1 aliphatic rings. The summed E-state index contributed by atoms with van der Waals surface area (Å²) in [4.78, 5) is 0. The Morgan fingerprint density at radius 3 is 0.762 bits per heavy atom. The van der Waals surface area contributed by atoms with Crippen LogP contribution in [0.4, 0.5) is 61.5 Å². The lowest BCUT2D eigenvalue weighted by Crippen LogP contribution is -2.86. The number of rotatable bonds is 0. The van der Waals surface area contributed by atoms with Crippen LogP contribution in [0.25, 0.3) is 0 Å². The Balaban J connectivity index is 3.93. The summed E-state index contributed by atoms with van der Waals surface area (Å²) in [5, 5.41) is 0. The van der Waals surface area contributed by atoms with Gasteiger partial charge in [0.05, 0.1) is 0 Å². The highest BCUT2D eigenvalue weighted by Gasteiger charge is 3.05. The average molecular weight is 350 g/mol. The molecule has 0 spiro atoms. The minimum absolute atomic E-state index is 7.64. The summed E-state index contributed by atoms with van der Waals surface area (Å²) in [5.41, 5.74) is -7.91. The number of halogens is 14. The molecule has 0 bridgehead atoms. The Kier molecular flexibility index (Phi) is 3.16. The van der Waals surface area contributed by atoms with Crippen LogP contribution in [-0.4, -0.2) is 41.5 Å². The van der Waals surface area contributed by atoms with Gasteiger partial charge in [0.2, 0.25) is 0 Å². The number of alkyl halides is 14. The SMILES string of the molecule is FC(F)(F)C1(F)C(F)(F)C(F)(F)C(F)(F)C(F)(F)C1(F)F. The Morgan fingerprint density at radius 2 is 0.571 bits per heavy atom. The van der Waals surface area contributed by atoms with Crippen LogP contribution in [-0.2, 0) is 0 Å². The quantitative estimate of drug-likeness (QED) is 0.567. The third kappa shape index (κ3) is 1.43. The van der Waals surface area contributed by atoms with Crippen molar-refractivity contribution >= 4 is 0 Å². The zero-order valence-corrected chi connectivity index (χ0v) is 8.79. The monoisotopic (exact) mass is 350 g/mol. The molecular weight excluding hydrogens is 350 g/mol. The van der Waals surface area contributed by atoms with Crippen LogP contribution in [0.2, 0.25) is 0 Å². The molecule has 1 fully saturated rings. The van der Waals surface area contributed by atoms with Crippen LogP contribution in [0.15, 0.2) is 0 Å². The molecule has 0 aromatic carbocycles. The van der Waals surface area contributed by atoms with Crippen LogP contribution < -0.4 is 0 Å². The summed E-state index contributed by atoms with van der Waals surface area (Å²) in [6.07, 6.45) is -7.70. The molecule has 0 unspecified atom stereocenters. The van der Waals surface area contributed by atoms with E-state index in [0.29, 0.717) is 0 Å². The molecule has 1 saturated carbocycles. The van der Waals surface area contributed by atoms with E-state index in [1.807, 2.05) is 0 Å². The minimum atomic E-state index is -7.91. The lowest BCUT2D eigenvalue weighted by molar-refractivity contribution is -0.515. The van der Waals surface area contributed by atoms with Gasteiger partial charge in [-0.15, -0.1) is 0 Å². The van der Waals surface area contributed by atoms with Crippen LogP contribution in [0.3, 0.4) is 0 Å². The van der Waals surface area contributed by atoms with Crippen LogP contribution in [0.5, 0.6) is 0 Å². The summed E-state index contributed by atoms with van der Waals surface area (Å²) in [6.45, 7) is 0. The second-order valence-electron chi connectivity index (χ2n) is 4.03. The van der Waals surface area contributed by atoms with Gasteiger partial charge in [-0.3, -0.25) is 0 Å². The molecule has 0 N–H and O–H groups in total. The number of hydrogen-bond donors (Lipinski definition) is 0. The Bertz CT molecular complexity index is 411. The van der Waals surface area contributed by atoms with E-state index in [1.165, 1.54) is 0 Å². The first-order valence-electron chi connectivity index (χ1n) is 4.40. The van der Waals surface area contributed by atoms with Crippen molar-refractivity contribution in [1.29, 1.82) is 0 Å². The second kappa shape index (κ2) is 3.67. The first-order chi connectivity index (χ1) is 8.75. The van der Waals surface area contributed by atoms with E-state index < -0.39 is 41.5 Å². The molecule has 0 amide bonds. The summed E-state index contributed by atoms with van der Waals surface area (Å²) in [5.74, 6) is -38.9. The molecular formula is C7F14. The van der Waals surface area contributed by atoms with Crippen LogP contribution in [0.1, 0.15) is 0 Å². The molecule has 0 radical (unpaired) electrons. The molecule has 126 valence electrons. The normalized spacial score (nSPS) is 31.7. The van der Waals surface area contributed by atoms with Gasteiger partial charge in [-0.25, -0.2) is 4.39 Å². The van der Waals surface area contributed by atoms with Crippen molar-refractivity contribution in [3.63, 3.8) is 0 Å². The summed E-state index contributed by atoms with van der Waals surface area (Å²) >= 11 is 0. The molecule has 14 heteroatoms. The first kappa shape index (κ1) is 18.1. The molecule has 1 rings (SSSR count). The molecule has 0 atom stereocenters. The van der Waals surface area contributed by atoms with E-state index in [0.717, 1.165) is 0 Å². The predicted octanol–water partition coefficient (Wildman–Crippen LogP) is 4.45. The van der Waals surface area contributed by atoms with Crippen molar-refractivity contribution in [1.82, 2.24) is 0 Å². The second-order valence-corrected chi connectivity index (χ2v) is 4.03. The average Bonchev–Trinajstić information content (AvgIpc) is 2.23. The van der Waals surface area contributed by atoms with E-state index in [-0.39, 0.29) is 0 Å². The maximum absolute atomic E-state index is 13.1. The Morgan fingerprint density at radius 1 is 0.381 bits per heavy atom. The molecule has 0 saturated heterocycles. The fourth-order valence-electron chi connectivity index (χ4n) is 1.58. The Labute approximate surface area is 104 Å². The van der Waals surface area contributed by atoms with Crippen molar-refractivity contribution < 1.29 is 61.5 Å². The van der Waals surface area contributed by atoms with Gasteiger partial charge in [0.15, 0.2) is 0 Å².